The molecule has 94 valence electrons. The van der Waals surface area contributed by atoms with Crippen LogP contribution in [-0.4, -0.2) is 11.0 Å². The Kier molecular flexibility index (Phi) is 3.64. The van der Waals surface area contributed by atoms with Crippen LogP contribution < -0.4 is 0 Å². The van der Waals surface area contributed by atoms with Crippen molar-refractivity contribution in [2.24, 2.45) is 0 Å². The molecule has 0 amide bonds. The maximum absolute atomic E-state index is 12.9. The van der Waals surface area contributed by atoms with Crippen LogP contribution in [0.3, 0.4) is 0 Å². The summed E-state index contributed by atoms with van der Waals surface area (Å²) in [6.45, 7) is 0. The van der Waals surface area contributed by atoms with Gasteiger partial charge in [0.1, 0.15) is 17.2 Å². The Balaban J connectivity index is 2.47. The van der Waals surface area contributed by atoms with Gasteiger partial charge in [0.25, 0.3) is 0 Å². The topological polar surface area (TPSA) is 20.2 Å². The van der Waals surface area contributed by atoms with Gasteiger partial charge in [0.2, 0.25) is 0 Å². The molecule has 1 nitrogen and oxygen atoms in total. The molecule has 18 heavy (non-hydrogen) atoms. The van der Waals surface area contributed by atoms with Crippen molar-refractivity contribution >= 4 is 11.6 Å². The number of benzene rings is 2. The lowest BCUT2D eigenvalue weighted by molar-refractivity contribution is 0.106. The minimum Gasteiger partial charge on any atom is -0.379 e. The molecule has 0 saturated heterocycles. The minimum atomic E-state index is -1.46. The summed E-state index contributed by atoms with van der Waals surface area (Å²) < 4.78 is 25.7. The third-order valence-corrected chi connectivity index (χ3v) is 3.22. The van der Waals surface area contributed by atoms with Gasteiger partial charge in [0, 0.05) is 0 Å². The van der Waals surface area contributed by atoms with Gasteiger partial charge in [-0.2, -0.15) is 0 Å². The molecule has 1 N–H and O–H groups in total. The zero-order valence-corrected chi connectivity index (χ0v) is 10.2. The van der Waals surface area contributed by atoms with Crippen LogP contribution in [0, 0.1) is 11.6 Å². The zero-order valence-electron chi connectivity index (χ0n) is 9.41. The highest BCUT2D eigenvalue weighted by atomic mass is 35.5. The van der Waals surface area contributed by atoms with Crippen LogP contribution in [0.4, 0.5) is 8.78 Å². The molecule has 0 radical (unpaired) electrons. The summed E-state index contributed by atoms with van der Waals surface area (Å²) in [7, 11) is 0. The van der Waals surface area contributed by atoms with E-state index in [1.165, 1.54) is 48.5 Å². The molecule has 2 rings (SSSR count). The van der Waals surface area contributed by atoms with Crippen molar-refractivity contribution in [2.45, 2.75) is 5.60 Å². The fraction of sp³-hybridized carbons (Fsp3) is 0.143. The molecule has 0 aromatic heterocycles. The molecule has 0 aliphatic rings. The van der Waals surface area contributed by atoms with Gasteiger partial charge in [-0.25, -0.2) is 8.78 Å². The fourth-order valence-corrected chi connectivity index (χ4v) is 2.08. The highest BCUT2D eigenvalue weighted by Gasteiger charge is 2.30. The number of alkyl halides is 1. The molecule has 0 unspecified atom stereocenters. The Morgan fingerprint density at radius 1 is 0.833 bits per heavy atom. The predicted molar refractivity (Wildman–Crippen MR) is 66.5 cm³/mol. The van der Waals surface area contributed by atoms with Crippen LogP contribution in [0.15, 0.2) is 48.5 Å². The van der Waals surface area contributed by atoms with Crippen molar-refractivity contribution in [3.05, 3.63) is 71.3 Å². The predicted octanol–water partition coefficient (Wildman–Crippen LogP) is 3.44. The number of rotatable bonds is 3. The summed E-state index contributed by atoms with van der Waals surface area (Å²) in [5.41, 5.74) is -0.529. The molecule has 4 heteroatoms. The lowest BCUT2D eigenvalue weighted by Crippen LogP contribution is -2.29. The van der Waals surface area contributed by atoms with Crippen molar-refractivity contribution in [1.82, 2.24) is 0 Å². The van der Waals surface area contributed by atoms with E-state index in [1.807, 2.05) is 0 Å². The van der Waals surface area contributed by atoms with Gasteiger partial charge in [0.15, 0.2) is 0 Å². The zero-order chi connectivity index (χ0) is 13.2. The third kappa shape index (κ3) is 2.37. The molecule has 0 heterocycles. The first-order valence-electron chi connectivity index (χ1n) is 5.37. The molecular formula is C14H11ClF2O. The number of halogens is 3. The molecule has 0 bridgehead atoms. The van der Waals surface area contributed by atoms with Crippen molar-refractivity contribution in [2.75, 3.05) is 5.88 Å². The van der Waals surface area contributed by atoms with Crippen LogP contribution >= 0.6 is 11.6 Å². The first-order valence-corrected chi connectivity index (χ1v) is 5.90. The fourth-order valence-electron chi connectivity index (χ4n) is 1.77. The molecule has 0 atom stereocenters. The van der Waals surface area contributed by atoms with Crippen molar-refractivity contribution in [3.8, 4) is 0 Å². The highest BCUT2D eigenvalue weighted by molar-refractivity contribution is 6.18. The molecule has 2 aromatic carbocycles. The van der Waals surface area contributed by atoms with Crippen LogP contribution in [0.1, 0.15) is 11.1 Å². The summed E-state index contributed by atoms with van der Waals surface area (Å²) in [5.74, 6) is -0.894. The van der Waals surface area contributed by atoms with Crippen molar-refractivity contribution < 1.29 is 13.9 Å². The number of hydrogen-bond donors (Lipinski definition) is 1. The Morgan fingerprint density at radius 3 is 1.44 bits per heavy atom. The first-order chi connectivity index (χ1) is 8.56. The van der Waals surface area contributed by atoms with Crippen molar-refractivity contribution in [3.63, 3.8) is 0 Å². The van der Waals surface area contributed by atoms with Gasteiger partial charge >= 0.3 is 0 Å². The number of hydrogen-bond acceptors (Lipinski definition) is 1. The van der Waals surface area contributed by atoms with Crippen LogP contribution in [0.25, 0.3) is 0 Å². The molecule has 0 fully saturated rings. The maximum atomic E-state index is 12.9. The quantitative estimate of drug-likeness (QED) is 0.846. The van der Waals surface area contributed by atoms with E-state index in [0.29, 0.717) is 11.1 Å². The van der Waals surface area contributed by atoms with E-state index >= 15 is 0 Å². The van der Waals surface area contributed by atoms with Gasteiger partial charge in [-0.05, 0) is 35.4 Å². The largest absolute Gasteiger partial charge is 0.379 e. The molecule has 0 saturated carbocycles. The second kappa shape index (κ2) is 5.04. The van der Waals surface area contributed by atoms with Gasteiger partial charge in [0.05, 0.1) is 5.88 Å². The lowest BCUT2D eigenvalue weighted by Gasteiger charge is -2.27. The summed E-state index contributed by atoms with van der Waals surface area (Å²) in [4.78, 5) is 0. The SMILES string of the molecule is OC(CCl)(c1ccc(F)cc1)c1ccc(F)cc1. The van der Waals surface area contributed by atoms with E-state index in [1.54, 1.807) is 0 Å². The van der Waals surface area contributed by atoms with Crippen LogP contribution in [0.2, 0.25) is 0 Å². The Labute approximate surface area is 109 Å². The first kappa shape index (κ1) is 13.0. The molecule has 0 aliphatic heterocycles. The van der Waals surface area contributed by atoms with E-state index in [4.69, 9.17) is 11.6 Å². The molecule has 2 aromatic rings. The third-order valence-electron chi connectivity index (χ3n) is 2.84. The highest BCUT2D eigenvalue weighted by Crippen LogP contribution is 2.31. The van der Waals surface area contributed by atoms with E-state index in [2.05, 4.69) is 0 Å². The summed E-state index contributed by atoms with van der Waals surface area (Å²) >= 11 is 5.82. The van der Waals surface area contributed by atoms with Crippen molar-refractivity contribution in [1.29, 1.82) is 0 Å². The van der Waals surface area contributed by atoms with Gasteiger partial charge < -0.3 is 5.11 Å². The van der Waals surface area contributed by atoms with Crippen LogP contribution in [0.5, 0.6) is 0 Å². The minimum absolute atomic E-state index is 0.107. The average Bonchev–Trinajstić information content (AvgIpc) is 2.39. The van der Waals surface area contributed by atoms with Crippen LogP contribution in [-0.2, 0) is 5.60 Å². The molecular weight excluding hydrogens is 258 g/mol. The summed E-state index contributed by atoms with van der Waals surface area (Å²) in [5, 5.41) is 10.6. The lowest BCUT2D eigenvalue weighted by atomic mass is 9.88. The Morgan fingerprint density at radius 2 is 1.17 bits per heavy atom. The van der Waals surface area contributed by atoms with E-state index in [9.17, 15) is 13.9 Å². The second-order valence-electron chi connectivity index (χ2n) is 4.01. The standard InChI is InChI=1S/C14H11ClF2O/c15-9-14(18,10-1-5-12(16)6-2-10)11-3-7-13(17)8-4-11/h1-8,18H,9H2. The molecule has 0 aliphatic carbocycles. The van der Waals surface area contributed by atoms with E-state index in [-0.39, 0.29) is 5.88 Å². The van der Waals surface area contributed by atoms with Gasteiger partial charge in [-0.1, -0.05) is 24.3 Å². The maximum Gasteiger partial charge on any atom is 0.128 e. The Bertz CT molecular complexity index is 477. The van der Waals surface area contributed by atoms with E-state index in [0.717, 1.165) is 0 Å². The molecule has 0 spiro atoms. The van der Waals surface area contributed by atoms with Gasteiger partial charge in [-0.3, -0.25) is 0 Å². The Hall–Kier alpha value is -1.45. The second-order valence-corrected chi connectivity index (χ2v) is 4.27. The average molecular weight is 269 g/mol. The van der Waals surface area contributed by atoms with E-state index < -0.39 is 17.2 Å². The van der Waals surface area contributed by atoms with Gasteiger partial charge in [-0.15, -0.1) is 11.6 Å². The number of aliphatic hydroxyl groups is 1. The summed E-state index contributed by atoms with van der Waals surface area (Å²) in [6.07, 6.45) is 0. The normalized spacial score (nSPS) is 11.6. The summed E-state index contributed by atoms with van der Waals surface area (Å²) in [6, 6.07) is 10.8. The smallest absolute Gasteiger partial charge is 0.128 e. The monoisotopic (exact) mass is 268 g/mol.